The average Bonchev–Trinajstić information content (AvgIpc) is 2.60. The molecule has 160 valence electrons. The highest BCUT2D eigenvalue weighted by Gasteiger charge is 2.26. The molecule has 0 aromatic rings. The third-order valence-electron chi connectivity index (χ3n) is 3.59. The van der Waals surface area contributed by atoms with Gasteiger partial charge in [-0.25, -0.2) is 4.79 Å². The van der Waals surface area contributed by atoms with Crippen molar-refractivity contribution >= 4 is 29.7 Å². The summed E-state index contributed by atoms with van der Waals surface area (Å²) >= 11 is 0. The normalized spacial score (nSPS) is 13.9. The minimum absolute atomic E-state index is 0.00546. The van der Waals surface area contributed by atoms with E-state index in [1.165, 1.54) is 0 Å². The smallest absolute Gasteiger partial charge is 0.328 e. The summed E-state index contributed by atoms with van der Waals surface area (Å²) in [6, 6.07) is -3.62. The third-order valence-corrected chi connectivity index (χ3v) is 3.59. The molecule has 0 aliphatic rings. The molecule has 0 saturated carbocycles. The van der Waals surface area contributed by atoms with E-state index in [0.29, 0.717) is 0 Å². The van der Waals surface area contributed by atoms with Gasteiger partial charge in [0.2, 0.25) is 17.7 Å². The number of carboxylic acids is 2. The number of hydrogen-bond acceptors (Lipinski definition) is 7. The molecule has 12 heteroatoms. The van der Waals surface area contributed by atoms with Crippen molar-refractivity contribution < 1.29 is 39.3 Å². The van der Waals surface area contributed by atoms with Crippen molar-refractivity contribution in [3.63, 3.8) is 0 Å². The second-order valence-corrected chi connectivity index (χ2v) is 6.59. The minimum atomic E-state index is -1.50. The molecule has 0 spiro atoms. The molecular weight excluding hydrogens is 376 g/mol. The lowest BCUT2D eigenvalue weighted by Crippen LogP contribution is -2.54. The van der Waals surface area contributed by atoms with Gasteiger partial charge in [0.15, 0.2) is 0 Å². The zero-order valence-corrected chi connectivity index (χ0v) is 15.8. The van der Waals surface area contributed by atoms with Crippen LogP contribution in [-0.4, -0.2) is 76.3 Å². The average molecular weight is 404 g/mol. The molecule has 0 radical (unpaired) electrons. The Hall–Kier alpha value is -2.73. The number of aliphatic carboxylic acids is 2. The van der Waals surface area contributed by atoms with Gasteiger partial charge < -0.3 is 37.0 Å². The van der Waals surface area contributed by atoms with Gasteiger partial charge in [-0.15, -0.1) is 0 Å². The molecule has 3 amide bonds. The van der Waals surface area contributed by atoms with Crippen molar-refractivity contribution in [1.29, 1.82) is 0 Å². The third kappa shape index (κ3) is 10.4. The van der Waals surface area contributed by atoms with Gasteiger partial charge >= 0.3 is 11.9 Å². The van der Waals surface area contributed by atoms with Gasteiger partial charge in [0.05, 0.1) is 19.2 Å². The summed E-state index contributed by atoms with van der Waals surface area (Å²) in [6.07, 6.45) is -0.165. The van der Waals surface area contributed by atoms with Gasteiger partial charge in [-0.2, -0.15) is 0 Å². The van der Waals surface area contributed by atoms with Crippen molar-refractivity contribution in [2.75, 3.05) is 13.2 Å². The Morgan fingerprint density at radius 1 is 0.964 bits per heavy atom. The Morgan fingerprint density at radius 2 is 1.57 bits per heavy atom. The van der Waals surface area contributed by atoms with Gasteiger partial charge in [-0.1, -0.05) is 13.8 Å². The van der Waals surface area contributed by atoms with Crippen LogP contribution in [0.5, 0.6) is 0 Å². The number of carbonyl (C=O) groups is 5. The maximum atomic E-state index is 12.3. The molecule has 0 fully saturated rings. The van der Waals surface area contributed by atoms with E-state index in [-0.39, 0.29) is 25.2 Å². The quantitative estimate of drug-likeness (QED) is 0.171. The molecule has 28 heavy (non-hydrogen) atoms. The van der Waals surface area contributed by atoms with E-state index >= 15 is 0 Å². The molecule has 0 heterocycles. The Balaban J connectivity index is 4.76. The molecular formula is C16H28N4O8. The fourth-order valence-corrected chi connectivity index (χ4v) is 2.11. The van der Waals surface area contributed by atoms with Gasteiger partial charge in [-0.3, -0.25) is 19.2 Å². The maximum absolute atomic E-state index is 12.3. The molecule has 0 saturated heterocycles. The number of aliphatic hydroxyl groups is 1. The topological polar surface area (TPSA) is 208 Å². The Morgan fingerprint density at radius 3 is 2.04 bits per heavy atom. The number of amides is 3. The highest BCUT2D eigenvalue weighted by atomic mass is 16.4. The van der Waals surface area contributed by atoms with E-state index in [0.717, 1.165) is 0 Å². The van der Waals surface area contributed by atoms with Crippen LogP contribution in [0.3, 0.4) is 0 Å². The SMILES string of the molecule is CC(C)CC(NC(=O)C(N)CCC(=O)O)C(=O)NCC(=O)NC(CO)C(=O)O. The van der Waals surface area contributed by atoms with Crippen LogP contribution in [0, 0.1) is 5.92 Å². The number of aliphatic hydroxyl groups excluding tert-OH is 1. The van der Waals surface area contributed by atoms with Crippen molar-refractivity contribution in [3.8, 4) is 0 Å². The van der Waals surface area contributed by atoms with Gasteiger partial charge in [0.1, 0.15) is 12.1 Å². The van der Waals surface area contributed by atoms with E-state index in [9.17, 15) is 24.0 Å². The number of carboxylic acid groups (broad SMARTS) is 2. The first-order valence-corrected chi connectivity index (χ1v) is 8.66. The summed E-state index contributed by atoms with van der Waals surface area (Å²) in [5.74, 6) is -4.74. The van der Waals surface area contributed by atoms with E-state index in [4.69, 9.17) is 21.1 Å². The van der Waals surface area contributed by atoms with Crippen LogP contribution >= 0.6 is 0 Å². The predicted molar refractivity (Wildman–Crippen MR) is 95.9 cm³/mol. The molecule has 0 aromatic heterocycles. The van der Waals surface area contributed by atoms with E-state index in [1.54, 1.807) is 0 Å². The van der Waals surface area contributed by atoms with E-state index < -0.39 is 60.9 Å². The lowest BCUT2D eigenvalue weighted by Gasteiger charge is -2.22. The summed E-state index contributed by atoms with van der Waals surface area (Å²) in [5.41, 5.74) is 5.61. The molecule has 3 atom stereocenters. The zero-order valence-electron chi connectivity index (χ0n) is 15.8. The van der Waals surface area contributed by atoms with Crippen LogP contribution in [0.2, 0.25) is 0 Å². The number of nitrogens with one attached hydrogen (secondary N) is 3. The predicted octanol–water partition coefficient (Wildman–Crippen LogP) is -2.61. The summed E-state index contributed by atoms with van der Waals surface area (Å²) < 4.78 is 0. The molecule has 3 unspecified atom stereocenters. The van der Waals surface area contributed by atoms with Crippen molar-refractivity contribution in [3.05, 3.63) is 0 Å². The van der Waals surface area contributed by atoms with Crippen LogP contribution in [0.15, 0.2) is 0 Å². The number of hydrogen-bond donors (Lipinski definition) is 7. The molecule has 8 N–H and O–H groups in total. The first-order valence-electron chi connectivity index (χ1n) is 8.66. The first-order chi connectivity index (χ1) is 13.0. The zero-order chi connectivity index (χ0) is 21.9. The lowest BCUT2D eigenvalue weighted by molar-refractivity contribution is -0.143. The van der Waals surface area contributed by atoms with Crippen molar-refractivity contribution in [2.24, 2.45) is 11.7 Å². The molecule has 0 aliphatic heterocycles. The molecule has 0 rings (SSSR count). The van der Waals surface area contributed by atoms with Gasteiger partial charge in [0, 0.05) is 6.42 Å². The van der Waals surface area contributed by atoms with Crippen LogP contribution in [0.4, 0.5) is 0 Å². The number of carbonyl (C=O) groups excluding carboxylic acids is 3. The number of nitrogens with two attached hydrogens (primary N) is 1. The summed E-state index contributed by atoms with van der Waals surface area (Å²) in [5, 5.41) is 33.0. The van der Waals surface area contributed by atoms with Crippen molar-refractivity contribution in [1.82, 2.24) is 16.0 Å². The second-order valence-electron chi connectivity index (χ2n) is 6.59. The van der Waals surface area contributed by atoms with E-state index in [1.807, 2.05) is 19.2 Å². The Kier molecular flexibility index (Phi) is 11.4. The summed E-state index contributed by atoms with van der Waals surface area (Å²) in [7, 11) is 0. The Labute approximate surface area is 161 Å². The molecule has 12 nitrogen and oxygen atoms in total. The second kappa shape index (κ2) is 12.6. The standard InChI is InChI=1S/C16H28N4O8/c1-8(2)5-10(20-14(25)9(17)3-4-13(23)24)15(26)18-6-12(22)19-11(7-21)16(27)28/h8-11,21H,3-7,17H2,1-2H3,(H,18,26)(H,19,22)(H,20,25)(H,23,24)(H,27,28). The fourth-order valence-electron chi connectivity index (χ4n) is 2.11. The molecule has 0 aliphatic carbocycles. The molecule has 0 aromatic carbocycles. The monoisotopic (exact) mass is 404 g/mol. The molecule has 0 bridgehead atoms. The van der Waals surface area contributed by atoms with E-state index in [2.05, 4.69) is 10.6 Å². The minimum Gasteiger partial charge on any atom is -0.481 e. The lowest BCUT2D eigenvalue weighted by atomic mass is 10.0. The highest BCUT2D eigenvalue weighted by molar-refractivity contribution is 5.92. The maximum Gasteiger partial charge on any atom is 0.328 e. The fraction of sp³-hybridized carbons (Fsp3) is 0.688. The van der Waals surface area contributed by atoms with Gasteiger partial charge in [0.25, 0.3) is 0 Å². The van der Waals surface area contributed by atoms with Crippen LogP contribution in [-0.2, 0) is 24.0 Å². The summed E-state index contributed by atoms with van der Waals surface area (Å²) in [4.78, 5) is 57.3. The van der Waals surface area contributed by atoms with Crippen molar-refractivity contribution in [2.45, 2.75) is 51.2 Å². The van der Waals surface area contributed by atoms with Crippen LogP contribution < -0.4 is 21.7 Å². The van der Waals surface area contributed by atoms with Crippen LogP contribution in [0.1, 0.15) is 33.1 Å². The Bertz CT molecular complexity index is 581. The highest BCUT2D eigenvalue weighted by Crippen LogP contribution is 2.06. The number of rotatable bonds is 13. The van der Waals surface area contributed by atoms with Crippen LogP contribution in [0.25, 0.3) is 0 Å². The van der Waals surface area contributed by atoms with Gasteiger partial charge in [-0.05, 0) is 18.8 Å². The largest absolute Gasteiger partial charge is 0.481 e. The first kappa shape index (κ1) is 25.3. The summed E-state index contributed by atoms with van der Waals surface area (Å²) in [6.45, 7) is 2.25.